The summed E-state index contributed by atoms with van der Waals surface area (Å²) >= 11 is 1.06. The Morgan fingerprint density at radius 1 is 1.11 bits per heavy atom. The van der Waals surface area contributed by atoms with Crippen molar-refractivity contribution in [3.63, 3.8) is 0 Å². The summed E-state index contributed by atoms with van der Waals surface area (Å²) in [6.45, 7) is 4.00. The molecule has 5 nitrogen and oxygen atoms in total. The molecular formula is C29H26F3NO4S. The molecule has 1 fully saturated rings. The van der Waals surface area contributed by atoms with Gasteiger partial charge in [-0.2, -0.15) is 0 Å². The molecule has 0 saturated carbocycles. The molecule has 4 aromatic rings. The SMILES string of the molecule is Cc1cc(F)cc(F)c1C(=O)c1sc2cc(O)ccc2c1Oc1ccc(OCCN2CC[C@@H](CF)C2)cc1. The van der Waals surface area contributed by atoms with Gasteiger partial charge in [-0.15, -0.1) is 11.3 Å². The predicted molar refractivity (Wildman–Crippen MR) is 141 cm³/mol. The first-order valence-corrected chi connectivity index (χ1v) is 13.1. The van der Waals surface area contributed by atoms with Gasteiger partial charge in [-0.3, -0.25) is 14.1 Å². The van der Waals surface area contributed by atoms with Crippen LogP contribution < -0.4 is 9.47 Å². The number of phenolic OH excluding ortho intramolecular Hbond substituents is 1. The number of carbonyl (C=O) groups is 1. The maximum absolute atomic E-state index is 14.6. The Morgan fingerprint density at radius 2 is 1.87 bits per heavy atom. The number of ketones is 1. The molecule has 198 valence electrons. The largest absolute Gasteiger partial charge is 0.508 e. The van der Waals surface area contributed by atoms with E-state index in [1.54, 1.807) is 30.3 Å². The second-order valence-electron chi connectivity index (χ2n) is 9.38. The molecule has 1 aliphatic heterocycles. The maximum Gasteiger partial charge on any atom is 0.210 e. The van der Waals surface area contributed by atoms with Gasteiger partial charge in [0.25, 0.3) is 0 Å². The molecule has 1 aromatic heterocycles. The fraction of sp³-hybridized carbons (Fsp3) is 0.276. The summed E-state index contributed by atoms with van der Waals surface area (Å²) in [4.78, 5) is 15.8. The molecule has 0 radical (unpaired) electrons. The number of thiophene rings is 1. The van der Waals surface area contributed by atoms with E-state index in [0.717, 1.165) is 36.9 Å². The fourth-order valence-electron chi connectivity index (χ4n) is 4.67. The summed E-state index contributed by atoms with van der Waals surface area (Å²) in [6.07, 6.45) is 0.872. The van der Waals surface area contributed by atoms with E-state index in [4.69, 9.17) is 9.47 Å². The van der Waals surface area contributed by atoms with Crippen molar-refractivity contribution >= 4 is 27.2 Å². The van der Waals surface area contributed by atoms with E-state index in [0.29, 0.717) is 40.8 Å². The number of phenols is 1. The molecular weight excluding hydrogens is 515 g/mol. The van der Waals surface area contributed by atoms with Crippen LogP contribution in [0, 0.1) is 24.5 Å². The number of likely N-dealkylation sites (tertiary alicyclic amines) is 1. The van der Waals surface area contributed by atoms with E-state index < -0.39 is 17.4 Å². The average molecular weight is 542 g/mol. The number of ether oxygens (including phenoxy) is 2. The van der Waals surface area contributed by atoms with Crippen LogP contribution in [-0.4, -0.2) is 48.7 Å². The van der Waals surface area contributed by atoms with E-state index in [2.05, 4.69) is 4.90 Å². The molecule has 2 heterocycles. The number of hydrogen-bond donors (Lipinski definition) is 1. The van der Waals surface area contributed by atoms with Crippen molar-refractivity contribution in [2.24, 2.45) is 5.92 Å². The first kappa shape index (κ1) is 26.1. The molecule has 38 heavy (non-hydrogen) atoms. The predicted octanol–water partition coefficient (Wildman–Crippen LogP) is 6.89. The lowest BCUT2D eigenvalue weighted by molar-refractivity contribution is 0.103. The molecule has 1 saturated heterocycles. The molecule has 9 heteroatoms. The number of aryl methyl sites for hydroxylation is 1. The number of rotatable bonds is 9. The molecule has 1 aliphatic rings. The average Bonchev–Trinajstić information content (AvgIpc) is 3.48. The Hall–Kier alpha value is -3.56. The zero-order valence-corrected chi connectivity index (χ0v) is 21.5. The van der Waals surface area contributed by atoms with E-state index in [1.165, 1.54) is 19.1 Å². The maximum atomic E-state index is 14.6. The standard InChI is InChI=1S/C29H26F3NO4S/c1-17-12-19(31)13-24(32)26(17)27(35)29-28(23-7-2-20(34)14-25(23)38-29)37-22-5-3-21(4-6-22)36-11-10-33-9-8-18(15-30)16-33/h2-7,12-14,18,34H,8-11,15-16H2,1H3/t18-/m0/s1. The monoisotopic (exact) mass is 541 g/mol. The topological polar surface area (TPSA) is 59.0 Å². The Balaban J connectivity index is 1.36. The minimum absolute atomic E-state index is 0.0177. The molecule has 0 spiro atoms. The summed E-state index contributed by atoms with van der Waals surface area (Å²) in [5.74, 6) is -0.918. The number of aromatic hydroxyl groups is 1. The summed E-state index contributed by atoms with van der Waals surface area (Å²) in [5, 5.41) is 10.5. The van der Waals surface area contributed by atoms with E-state index in [9.17, 15) is 23.1 Å². The van der Waals surface area contributed by atoms with Gasteiger partial charge >= 0.3 is 0 Å². The summed E-state index contributed by atoms with van der Waals surface area (Å²) in [5.41, 5.74) is -0.0546. The zero-order chi connectivity index (χ0) is 26.8. The van der Waals surface area contributed by atoms with Gasteiger partial charge in [0.1, 0.15) is 40.4 Å². The van der Waals surface area contributed by atoms with Gasteiger partial charge in [-0.05, 0) is 74.0 Å². The van der Waals surface area contributed by atoms with Crippen LogP contribution in [0.15, 0.2) is 54.6 Å². The minimum Gasteiger partial charge on any atom is -0.508 e. The highest BCUT2D eigenvalue weighted by atomic mass is 32.1. The number of fused-ring (bicyclic) bond motifs is 1. The van der Waals surface area contributed by atoms with Crippen molar-refractivity contribution in [2.45, 2.75) is 13.3 Å². The van der Waals surface area contributed by atoms with Gasteiger partial charge in [-0.1, -0.05) is 0 Å². The van der Waals surface area contributed by atoms with Crippen molar-refractivity contribution in [3.8, 4) is 23.0 Å². The lowest BCUT2D eigenvalue weighted by Gasteiger charge is -2.16. The van der Waals surface area contributed by atoms with Gasteiger partial charge in [0.2, 0.25) is 5.78 Å². The second kappa shape index (κ2) is 11.0. The van der Waals surface area contributed by atoms with Crippen LogP contribution in [0.25, 0.3) is 10.1 Å². The van der Waals surface area contributed by atoms with Gasteiger partial charge in [0.15, 0.2) is 5.75 Å². The van der Waals surface area contributed by atoms with Crippen molar-refractivity contribution in [1.82, 2.24) is 4.90 Å². The van der Waals surface area contributed by atoms with Crippen molar-refractivity contribution in [2.75, 3.05) is 32.9 Å². The lowest BCUT2D eigenvalue weighted by Crippen LogP contribution is -2.26. The normalized spacial score (nSPS) is 15.7. The Bertz CT molecular complexity index is 1450. The third-order valence-corrected chi connectivity index (χ3v) is 7.75. The van der Waals surface area contributed by atoms with Crippen LogP contribution in [-0.2, 0) is 0 Å². The molecule has 0 unspecified atom stereocenters. The van der Waals surface area contributed by atoms with Crippen molar-refractivity contribution in [3.05, 3.63) is 82.2 Å². The van der Waals surface area contributed by atoms with Gasteiger partial charge < -0.3 is 14.6 Å². The van der Waals surface area contributed by atoms with Gasteiger partial charge in [0.05, 0.1) is 12.2 Å². The minimum atomic E-state index is -0.950. The van der Waals surface area contributed by atoms with Gasteiger partial charge in [-0.25, -0.2) is 8.78 Å². The molecule has 5 rings (SSSR count). The number of hydrogen-bond acceptors (Lipinski definition) is 6. The molecule has 1 N–H and O–H groups in total. The molecule has 0 aliphatic carbocycles. The highest BCUT2D eigenvalue weighted by Crippen LogP contribution is 2.43. The van der Waals surface area contributed by atoms with Crippen molar-refractivity contribution in [1.29, 1.82) is 0 Å². The van der Waals surface area contributed by atoms with Crippen LogP contribution in [0.3, 0.4) is 0 Å². The zero-order valence-electron chi connectivity index (χ0n) is 20.7. The quantitative estimate of drug-likeness (QED) is 0.234. The third-order valence-electron chi connectivity index (χ3n) is 6.62. The number of alkyl halides is 1. The van der Waals surface area contributed by atoms with Crippen LogP contribution in [0.4, 0.5) is 13.2 Å². The van der Waals surface area contributed by atoms with Crippen LogP contribution in [0.1, 0.15) is 27.2 Å². The number of nitrogens with zero attached hydrogens (tertiary/aromatic N) is 1. The van der Waals surface area contributed by atoms with E-state index in [1.807, 2.05) is 0 Å². The van der Waals surface area contributed by atoms with Crippen LogP contribution in [0.5, 0.6) is 23.0 Å². The highest BCUT2D eigenvalue weighted by Gasteiger charge is 2.26. The smallest absolute Gasteiger partial charge is 0.210 e. The second-order valence-corrected chi connectivity index (χ2v) is 10.4. The highest BCUT2D eigenvalue weighted by molar-refractivity contribution is 7.21. The fourth-order valence-corrected chi connectivity index (χ4v) is 5.78. The summed E-state index contributed by atoms with van der Waals surface area (Å²) < 4.78 is 53.6. The first-order valence-electron chi connectivity index (χ1n) is 12.3. The Kier molecular flexibility index (Phi) is 7.58. The van der Waals surface area contributed by atoms with Gasteiger partial charge in [0, 0.05) is 35.2 Å². The third kappa shape index (κ3) is 5.49. The van der Waals surface area contributed by atoms with Crippen LogP contribution >= 0.6 is 11.3 Å². The van der Waals surface area contributed by atoms with E-state index >= 15 is 0 Å². The summed E-state index contributed by atoms with van der Waals surface area (Å²) in [6, 6.07) is 13.3. The molecule has 0 bridgehead atoms. The Labute approximate surface area is 222 Å². The lowest BCUT2D eigenvalue weighted by atomic mass is 10.0. The first-order chi connectivity index (χ1) is 18.3. The molecule has 3 aromatic carbocycles. The van der Waals surface area contributed by atoms with E-state index in [-0.39, 0.29) is 40.1 Å². The number of carbonyl (C=O) groups excluding carboxylic acids is 1. The molecule has 1 atom stereocenters. The summed E-state index contributed by atoms with van der Waals surface area (Å²) in [7, 11) is 0. The Morgan fingerprint density at radius 3 is 2.58 bits per heavy atom. The number of halogens is 3. The molecule has 0 amide bonds. The van der Waals surface area contributed by atoms with Crippen molar-refractivity contribution < 1.29 is 32.5 Å². The van der Waals surface area contributed by atoms with Crippen LogP contribution in [0.2, 0.25) is 0 Å². The number of benzene rings is 3.